The third kappa shape index (κ3) is 48.2. The van der Waals surface area contributed by atoms with Crippen LogP contribution in [0.3, 0.4) is 0 Å². The van der Waals surface area contributed by atoms with Crippen LogP contribution in [0.25, 0.3) is 0 Å². The van der Waals surface area contributed by atoms with E-state index in [4.69, 9.17) is 18.9 Å². The van der Waals surface area contributed by atoms with E-state index >= 15 is 0 Å². The van der Waals surface area contributed by atoms with Gasteiger partial charge >= 0.3 is 17.9 Å². The van der Waals surface area contributed by atoms with Gasteiger partial charge in [0.05, 0.1) is 34.4 Å². The number of nitrogens with zero attached hydrogens (tertiary/aromatic N) is 1. The molecule has 0 aromatic heterocycles. The smallest absolute Gasteiger partial charge is 0.361 e. The summed E-state index contributed by atoms with van der Waals surface area (Å²) in [5, 5.41) is 9.66. The normalized spacial score (nSPS) is 13.7. The Kier molecular flexibility index (Phi) is 45.0. The molecular formula is C57H96NO8+. The van der Waals surface area contributed by atoms with Crippen molar-refractivity contribution in [3.63, 3.8) is 0 Å². The van der Waals surface area contributed by atoms with Crippen LogP contribution in [0.15, 0.2) is 97.2 Å². The Bertz CT molecular complexity index is 1400. The molecule has 66 heavy (non-hydrogen) atoms. The molecule has 0 radical (unpaired) electrons. The molecule has 0 saturated heterocycles. The molecule has 9 nitrogen and oxygen atoms in total. The van der Waals surface area contributed by atoms with Gasteiger partial charge in [-0.15, -0.1) is 0 Å². The van der Waals surface area contributed by atoms with Gasteiger partial charge in [0.2, 0.25) is 0 Å². The highest BCUT2D eigenvalue weighted by molar-refractivity contribution is 5.71. The molecule has 2 unspecified atom stereocenters. The van der Waals surface area contributed by atoms with Crippen LogP contribution in [-0.4, -0.2) is 87.4 Å². The zero-order valence-electron chi connectivity index (χ0n) is 42.6. The van der Waals surface area contributed by atoms with E-state index in [0.29, 0.717) is 17.4 Å². The fourth-order valence-electron chi connectivity index (χ4n) is 6.62. The Morgan fingerprint density at radius 3 is 1.29 bits per heavy atom. The van der Waals surface area contributed by atoms with Crippen molar-refractivity contribution in [3.8, 4) is 0 Å². The number of hydrogen-bond acceptors (Lipinski definition) is 7. The Morgan fingerprint density at radius 2 is 0.864 bits per heavy atom. The van der Waals surface area contributed by atoms with Gasteiger partial charge in [-0.3, -0.25) is 9.59 Å². The van der Waals surface area contributed by atoms with Crippen LogP contribution in [0, 0.1) is 0 Å². The highest BCUT2D eigenvalue weighted by Crippen LogP contribution is 2.14. The number of unbranched alkanes of at least 4 members (excludes halogenated alkanes) is 15. The summed E-state index contributed by atoms with van der Waals surface area (Å²) in [5.74, 6) is -2.07. The van der Waals surface area contributed by atoms with E-state index in [9.17, 15) is 19.5 Å². The zero-order chi connectivity index (χ0) is 48.4. The largest absolute Gasteiger partial charge is 0.477 e. The van der Waals surface area contributed by atoms with Crippen molar-refractivity contribution in [2.75, 3.05) is 47.5 Å². The van der Waals surface area contributed by atoms with Crippen molar-refractivity contribution in [1.29, 1.82) is 0 Å². The summed E-state index contributed by atoms with van der Waals surface area (Å²) in [7, 11) is 5.94. The van der Waals surface area contributed by atoms with Crippen LogP contribution < -0.4 is 0 Å². The van der Waals surface area contributed by atoms with Gasteiger partial charge in [0, 0.05) is 12.8 Å². The first kappa shape index (κ1) is 62.2. The monoisotopic (exact) mass is 923 g/mol. The predicted octanol–water partition coefficient (Wildman–Crippen LogP) is 14.6. The van der Waals surface area contributed by atoms with E-state index in [2.05, 4.69) is 111 Å². The van der Waals surface area contributed by atoms with Crippen molar-refractivity contribution >= 4 is 17.9 Å². The van der Waals surface area contributed by atoms with Crippen LogP contribution >= 0.6 is 0 Å². The number of esters is 2. The first-order valence-electron chi connectivity index (χ1n) is 25.9. The van der Waals surface area contributed by atoms with E-state index in [0.717, 1.165) is 83.5 Å². The maximum Gasteiger partial charge on any atom is 0.361 e. The number of carboxylic acids is 1. The predicted molar refractivity (Wildman–Crippen MR) is 276 cm³/mol. The molecule has 9 heteroatoms. The summed E-state index contributed by atoms with van der Waals surface area (Å²) in [4.78, 5) is 37.2. The molecule has 0 heterocycles. The van der Waals surface area contributed by atoms with Gasteiger partial charge in [0.15, 0.2) is 6.10 Å². The topological polar surface area (TPSA) is 108 Å². The molecule has 0 spiro atoms. The molecule has 0 amide bonds. The van der Waals surface area contributed by atoms with Crippen LogP contribution in [0.1, 0.15) is 187 Å². The number of quaternary nitrogens is 1. The molecule has 0 aromatic rings. The molecular weight excluding hydrogens is 827 g/mol. The van der Waals surface area contributed by atoms with Crippen LogP contribution in [0.5, 0.6) is 0 Å². The summed E-state index contributed by atoms with van der Waals surface area (Å²) < 4.78 is 22.7. The molecule has 0 saturated carbocycles. The first-order valence-corrected chi connectivity index (χ1v) is 25.9. The third-order valence-electron chi connectivity index (χ3n) is 10.6. The lowest BCUT2D eigenvalue weighted by Gasteiger charge is -2.25. The lowest BCUT2D eigenvalue weighted by molar-refractivity contribution is -0.870. The molecule has 1 N–H and O–H groups in total. The molecule has 0 aromatic carbocycles. The summed E-state index contributed by atoms with van der Waals surface area (Å²) in [6.45, 7) is 4.69. The maximum atomic E-state index is 12.8. The minimum atomic E-state index is -1.53. The first-order chi connectivity index (χ1) is 32.1. The van der Waals surface area contributed by atoms with Crippen LogP contribution in [-0.2, 0) is 33.3 Å². The van der Waals surface area contributed by atoms with Gasteiger partial charge in [-0.25, -0.2) is 4.79 Å². The van der Waals surface area contributed by atoms with Crippen molar-refractivity contribution in [3.05, 3.63) is 97.2 Å². The molecule has 0 aliphatic carbocycles. The van der Waals surface area contributed by atoms with E-state index in [1.165, 1.54) is 70.6 Å². The van der Waals surface area contributed by atoms with Gasteiger partial charge in [0.25, 0.3) is 6.29 Å². The van der Waals surface area contributed by atoms with Crippen molar-refractivity contribution in [2.45, 2.75) is 200 Å². The molecule has 2 atom stereocenters. The highest BCUT2D eigenvalue weighted by atomic mass is 16.7. The number of carboxylic acid groups (broad SMARTS) is 1. The third-order valence-corrected chi connectivity index (χ3v) is 10.6. The van der Waals surface area contributed by atoms with E-state index in [1.807, 2.05) is 21.1 Å². The molecule has 0 aliphatic heterocycles. The highest BCUT2D eigenvalue weighted by Gasteiger charge is 2.25. The van der Waals surface area contributed by atoms with Crippen molar-refractivity contribution in [1.82, 2.24) is 0 Å². The number of ether oxygens (including phenoxy) is 4. The van der Waals surface area contributed by atoms with Gasteiger partial charge in [0.1, 0.15) is 13.2 Å². The second kappa shape index (κ2) is 47.7. The number of likely N-dealkylation sites (N-methyl/N-ethyl adjacent to an activating group) is 1. The Labute approximate surface area is 403 Å². The number of aliphatic carboxylic acids is 1. The SMILES string of the molecule is CC/C=C\C/C=C\C/C=C\C/C=C\C/C=C\C/C=C\C/C=C\C/C=C\CCCCC(=O)OC(COC(=O)CCCCCCCCCCCCCCCC)COC(OCC[N+](C)(C)C)C(=O)O. The fourth-order valence-corrected chi connectivity index (χ4v) is 6.62. The Hall–Kier alpha value is -3.79. The second-order valence-corrected chi connectivity index (χ2v) is 18.1. The number of carbonyl (C=O) groups excluding carboxylic acids is 2. The minimum absolute atomic E-state index is 0.175. The average Bonchev–Trinajstić information content (AvgIpc) is 3.28. The molecule has 0 bridgehead atoms. The molecule has 0 rings (SSSR count). The number of hydrogen-bond donors (Lipinski definition) is 1. The van der Waals surface area contributed by atoms with Crippen LogP contribution in [0.4, 0.5) is 0 Å². The van der Waals surface area contributed by atoms with Crippen molar-refractivity contribution < 1.29 is 42.9 Å². The number of rotatable bonds is 46. The minimum Gasteiger partial charge on any atom is -0.477 e. The lowest BCUT2D eigenvalue weighted by atomic mass is 10.0. The van der Waals surface area contributed by atoms with Crippen LogP contribution in [0.2, 0.25) is 0 Å². The molecule has 0 fully saturated rings. The van der Waals surface area contributed by atoms with E-state index < -0.39 is 24.3 Å². The number of allylic oxidation sites excluding steroid dienone is 16. The second-order valence-electron chi connectivity index (χ2n) is 18.1. The zero-order valence-corrected chi connectivity index (χ0v) is 42.6. The number of carbonyl (C=O) groups is 3. The van der Waals surface area contributed by atoms with E-state index in [-0.39, 0.29) is 38.6 Å². The Balaban J connectivity index is 4.43. The van der Waals surface area contributed by atoms with Gasteiger partial charge in [-0.05, 0) is 77.0 Å². The van der Waals surface area contributed by atoms with Crippen molar-refractivity contribution in [2.24, 2.45) is 0 Å². The van der Waals surface area contributed by atoms with Gasteiger partial charge < -0.3 is 28.5 Å². The van der Waals surface area contributed by atoms with Gasteiger partial charge in [-0.1, -0.05) is 195 Å². The summed E-state index contributed by atoms with van der Waals surface area (Å²) in [6, 6.07) is 0. The fraction of sp³-hybridized carbons (Fsp3) is 0.667. The van der Waals surface area contributed by atoms with Gasteiger partial charge in [-0.2, -0.15) is 0 Å². The Morgan fingerprint density at radius 1 is 0.470 bits per heavy atom. The summed E-state index contributed by atoms with van der Waals surface area (Å²) in [5.41, 5.74) is 0. The quantitative estimate of drug-likeness (QED) is 0.0211. The summed E-state index contributed by atoms with van der Waals surface area (Å²) >= 11 is 0. The lowest BCUT2D eigenvalue weighted by Crippen LogP contribution is -2.40. The molecule has 0 aliphatic rings. The van der Waals surface area contributed by atoms with E-state index in [1.54, 1.807) is 0 Å². The maximum absolute atomic E-state index is 12.8. The average molecular weight is 923 g/mol. The molecule has 376 valence electrons. The standard InChI is InChI=1S/C57H95NO8/c1-6-8-10-12-14-16-18-20-22-23-24-25-26-27-28-29-30-31-32-33-34-36-38-40-42-44-46-48-55(60)66-53(52-65-57(56(61)62)63-50-49-58(3,4)5)51-64-54(59)47-45-43-41-39-37-35-21-19-17-15-13-11-9-7-2/h8,10,14,16,20,22,24-25,27-28,30-31,33-34,38,40,53,57H,6-7,9,11-13,15,17-19,21,23,26,29,32,35-37,39,41-52H2,1-5H3/p+1/b10-8-,16-14-,22-20-,25-24-,28-27-,31-30-,34-33-,40-38-. The summed E-state index contributed by atoms with van der Waals surface area (Å²) in [6.07, 6.45) is 60.5.